The smallest absolute Gasteiger partial charge is 0.106 e. The van der Waals surface area contributed by atoms with Gasteiger partial charge >= 0.3 is 0 Å². The maximum absolute atomic E-state index is 12.6. The van der Waals surface area contributed by atoms with Gasteiger partial charge in [0.1, 0.15) is 17.8 Å². The second kappa shape index (κ2) is 11.9. The maximum atomic E-state index is 12.6. The van der Waals surface area contributed by atoms with E-state index in [-0.39, 0.29) is 0 Å². The molecule has 0 aliphatic rings. The molecule has 1 aromatic carbocycles. The molecule has 0 aliphatic carbocycles. The molecule has 0 N–H and O–H groups in total. The SMILES string of the molecule is CCCCCCCCCCCC[S+](C)(=O)Cc1ccccc1. The highest BCUT2D eigenvalue weighted by Gasteiger charge is 2.20. The number of benzene rings is 1. The Bertz CT molecular complexity index is 413. The standard InChI is InChI=1S/C20H35OS/c1-3-4-5-6-7-8-9-10-11-15-18-22(2,21)19-20-16-13-12-14-17-20/h12-14,16-17H,3-11,15,18-19H2,1-2H3/q+1. The van der Waals surface area contributed by atoms with Crippen molar-refractivity contribution in [1.29, 1.82) is 0 Å². The highest BCUT2D eigenvalue weighted by Crippen LogP contribution is 2.15. The van der Waals surface area contributed by atoms with Crippen LogP contribution in [-0.4, -0.2) is 12.0 Å². The topological polar surface area (TPSA) is 17.1 Å². The summed E-state index contributed by atoms with van der Waals surface area (Å²) in [5.41, 5.74) is 1.21. The minimum atomic E-state index is -1.69. The van der Waals surface area contributed by atoms with Crippen molar-refractivity contribution in [2.45, 2.75) is 76.9 Å². The third-order valence-electron chi connectivity index (χ3n) is 4.24. The molecule has 0 amide bonds. The molecule has 22 heavy (non-hydrogen) atoms. The molecule has 0 heterocycles. The Morgan fingerprint density at radius 2 is 1.27 bits per heavy atom. The summed E-state index contributed by atoms with van der Waals surface area (Å²) >= 11 is 0. The Balaban J connectivity index is 2.00. The highest BCUT2D eigenvalue weighted by atomic mass is 32.2. The summed E-state index contributed by atoms with van der Waals surface area (Å²) in [5.74, 6) is 1.63. The Labute approximate surface area is 139 Å². The van der Waals surface area contributed by atoms with E-state index in [0.29, 0.717) is 0 Å². The Kier molecular flexibility index (Phi) is 10.5. The van der Waals surface area contributed by atoms with Crippen LogP contribution in [0.3, 0.4) is 0 Å². The van der Waals surface area contributed by atoms with E-state index in [4.69, 9.17) is 0 Å². The zero-order chi connectivity index (χ0) is 16.1. The van der Waals surface area contributed by atoms with Crippen molar-refractivity contribution < 1.29 is 4.21 Å². The first-order valence-corrected chi connectivity index (χ1v) is 11.4. The van der Waals surface area contributed by atoms with Gasteiger partial charge in [-0.25, -0.2) is 0 Å². The zero-order valence-electron chi connectivity index (χ0n) is 14.7. The van der Waals surface area contributed by atoms with Gasteiger partial charge in [0.15, 0.2) is 0 Å². The van der Waals surface area contributed by atoms with Crippen molar-refractivity contribution >= 4 is 9.93 Å². The number of hydrogen-bond acceptors (Lipinski definition) is 1. The van der Waals surface area contributed by atoms with Gasteiger partial charge in [-0.15, -0.1) is 4.21 Å². The van der Waals surface area contributed by atoms with Gasteiger partial charge in [0.05, 0.1) is 9.93 Å². The van der Waals surface area contributed by atoms with Crippen LogP contribution in [0.4, 0.5) is 0 Å². The summed E-state index contributed by atoms with van der Waals surface area (Å²) in [4.78, 5) is 0. The van der Waals surface area contributed by atoms with Crippen LogP contribution >= 0.6 is 0 Å². The van der Waals surface area contributed by atoms with Crippen LogP contribution in [-0.2, 0) is 19.9 Å². The first-order chi connectivity index (χ1) is 10.6. The van der Waals surface area contributed by atoms with Gasteiger partial charge < -0.3 is 0 Å². The van der Waals surface area contributed by atoms with E-state index in [2.05, 4.69) is 19.1 Å². The maximum Gasteiger partial charge on any atom is 0.137 e. The van der Waals surface area contributed by atoms with E-state index in [1.165, 1.54) is 63.4 Å². The molecular formula is C20H35OS+. The van der Waals surface area contributed by atoms with Crippen molar-refractivity contribution in [2.75, 3.05) is 12.0 Å². The number of unbranched alkanes of at least 4 members (excludes halogenated alkanes) is 9. The molecule has 0 saturated heterocycles. The molecule has 0 bridgehead atoms. The van der Waals surface area contributed by atoms with Gasteiger partial charge in [0, 0.05) is 5.56 Å². The third kappa shape index (κ3) is 10.2. The highest BCUT2D eigenvalue weighted by molar-refractivity contribution is 8.01. The summed E-state index contributed by atoms with van der Waals surface area (Å²) in [6, 6.07) is 10.3. The van der Waals surface area contributed by atoms with Crippen LogP contribution in [0, 0.1) is 0 Å². The summed E-state index contributed by atoms with van der Waals surface area (Å²) in [5, 5.41) is 0. The first kappa shape index (κ1) is 19.4. The molecule has 1 nitrogen and oxygen atoms in total. The average molecular weight is 324 g/mol. The summed E-state index contributed by atoms with van der Waals surface area (Å²) < 4.78 is 12.6. The minimum Gasteiger partial charge on any atom is -0.106 e. The van der Waals surface area contributed by atoms with E-state index in [1.54, 1.807) is 0 Å². The Hall–Kier alpha value is -0.630. The summed E-state index contributed by atoms with van der Waals surface area (Å²) in [7, 11) is -1.69. The molecular weight excluding hydrogens is 288 g/mol. The minimum absolute atomic E-state index is 0.741. The fourth-order valence-corrected chi connectivity index (χ4v) is 4.75. The van der Waals surface area contributed by atoms with Crippen molar-refractivity contribution in [1.82, 2.24) is 0 Å². The van der Waals surface area contributed by atoms with Crippen molar-refractivity contribution in [3.05, 3.63) is 35.9 Å². The fourth-order valence-electron chi connectivity index (χ4n) is 2.89. The molecule has 1 unspecified atom stereocenters. The molecule has 1 atom stereocenters. The number of rotatable bonds is 13. The predicted molar refractivity (Wildman–Crippen MR) is 101 cm³/mol. The lowest BCUT2D eigenvalue weighted by molar-refractivity contribution is 0.558. The van der Waals surface area contributed by atoms with Gasteiger partial charge in [-0.05, 0) is 12.8 Å². The second-order valence-corrected chi connectivity index (χ2v) is 9.76. The molecule has 0 saturated carbocycles. The van der Waals surface area contributed by atoms with Crippen molar-refractivity contribution in [2.24, 2.45) is 0 Å². The van der Waals surface area contributed by atoms with Crippen LogP contribution in [0.2, 0.25) is 0 Å². The Morgan fingerprint density at radius 3 is 1.82 bits per heavy atom. The monoisotopic (exact) mass is 323 g/mol. The Morgan fingerprint density at radius 1 is 0.773 bits per heavy atom. The zero-order valence-corrected chi connectivity index (χ0v) is 15.5. The fraction of sp³-hybridized carbons (Fsp3) is 0.700. The van der Waals surface area contributed by atoms with Gasteiger partial charge in [-0.3, -0.25) is 0 Å². The molecule has 0 radical (unpaired) electrons. The lowest BCUT2D eigenvalue weighted by atomic mass is 10.1. The molecule has 0 aliphatic heterocycles. The lowest BCUT2D eigenvalue weighted by Crippen LogP contribution is -2.16. The predicted octanol–water partition coefficient (Wildman–Crippen LogP) is 6.24. The summed E-state index contributed by atoms with van der Waals surface area (Å²) in [6.07, 6.45) is 15.3. The third-order valence-corrected chi connectivity index (χ3v) is 6.34. The van der Waals surface area contributed by atoms with Crippen molar-refractivity contribution in [3.63, 3.8) is 0 Å². The van der Waals surface area contributed by atoms with Gasteiger partial charge in [-0.2, -0.15) is 0 Å². The molecule has 2 heteroatoms. The van der Waals surface area contributed by atoms with Crippen molar-refractivity contribution in [3.8, 4) is 0 Å². The molecule has 126 valence electrons. The lowest BCUT2D eigenvalue weighted by Gasteiger charge is -2.08. The second-order valence-electron chi connectivity index (χ2n) is 6.70. The molecule has 1 rings (SSSR count). The average Bonchev–Trinajstić information content (AvgIpc) is 2.49. The molecule has 0 aromatic heterocycles. The summed E-state index contributed by atoms with van der Waals surface area (Å²) in [6.45, 7) is 2.27. The van der Waals surface area contributed by atoms with Gasteiger partial charge in [0.25, 0.3) is 0 Å². The van der Waals surface area contributed by atoms with Crippen LogP contribution in [0.5, 0.6) is 0 Å². The van der Waals surface area contributed by atoms with Gasteiger partial charge in [0.2, 0.25) is 0 Å². The van der Waals surface area contributed by atoms with E-state index in [9.17, 15) is 4.21 Å². The largest absolute Gasteiger partial charge is 0.137 e. The van der Waals surface area contributed by atoms with Gasteiger partial charge in [-0.1, -0.05) is 88.6 Å². The van der Waals surface area contributed by atoms with Crippen LogP contribution in [0.25, 0.3) is 0 Å². The van der Waals surface area contributed by atoms with E-state index < -0.39 is 9.93 Å². The molecule has 0 fully saturated rings. The van der Waals surface area contributed by atoms with Crippen LogP contribution in [0.1, 0.15) is 76.7 Å². The quantitative estimate of drug-likeness (QED) is 0.310. The first-order valence-electron chi connectivity index (χ1n) is 9.12. The van der Waals surface area contributed by atoms with E-state index >= 15 is 0 Å². The van der Waals surface area contributed by atoms with E-state index in [1.807, 2.05) is 24.5 Å². The van der Waals surface area contributed by atoms with Crippen LogP contribution < -0.4 is 0 Å². The molecule has 0 spiro atoms. The van der Waals surface area contributed by atoms with E-state index in [0.717, 1.165) is 17.9 Å². The normalized spacial score (nSPS) is 13.9. The number of hydrogen-bond donors (Lipinski definition) is 0. The van der Waals surface area contributed by atoms with Crippen LogP contribution in [0.15, 0.2) is 30.3 Å². The molecule has 1 aromatic rings.